The number of rotatable bonds is 14. The highest BCUT2D eigenvalue weighted by Crippen LogP contribution is 2.23. The minimum absolute atomic E-state index is 0.468. The molecule has 1 atom stereocenters. The van der Waals surface area contributed by atoms with E-state index in [9.17, 15) is 9.90 Å². The number of nitrogens with one attached hydrogen (secondary N) is 2. The van der Waals surface area contributed by atoms with Gasteiger partial charge in [-0.05, 0) is 88.7 Å². The molecule has 0 radical (unpaired) electrons. The molecule has 10 heteroatoms. The van der Waals surface area contributed by atoms with E-state index in [2.05, 4.69) is 50.9 Å². The summed E-state index contributed by atoms with van der Waals surface area (Å²) < 4.78 is 3.82. The fraction of sp³-hybridized carbons (Fsp3) is 0.484. The van der Waals surface area contributed by atoms with Gasteiger partial charge in [0.05, 0.1) is 17.8 Å². The second-order valence-electron chi connectivity index (χ2n) is 11.1. The molecule has 0 amide bonds. The predicted molar refractivity (Wildman–Crippen MR) is 163 cm³/mol. The molecule has 0 spiro atoms. The van der Waals surface area contributed by atoms with Gasteiger partial charge >= 0.3 is 5.97 Å². The zero-order chi connectivity index (χ0) is 28.8. The van der Waals surface area contributed by atoms with Gasteiger partial charge in [-0.15, -0.1) is 0 Å². The Kier molecular flexibility index (Phi) is 9.18. The van der Waals surface area contributed by atoms with Crippen molar-refractivity contribution in [3.63, 3.8) is 0 Å². The highest BCUT2D eigenvalue weighted by Gasteiger charge is 2.21. The fourth-order valence-corrected chi connectivity index (χ4v) is 5.68. The lowest BCUT2D eigenvalue weighted by molar-refractivity contribution is -0.138. The molecule has 1 aliphatic rings. The minimum atomic E-state index is -0.870. The van der Waals surface area contributed by atoms with Crippen molar-refractivity contribution in [2.75, 3.05) is 36.8 Å². The van der Waals surface area contributed by atoms with Gasteiger partial charge in [0, 0.05) is 43.5 Å². The van der Waals surface area contributed by atoms with Gasteiger partial charge in [-0.25, -0.2) is 9.78 Å². The molecule has 1 aromatic carbocycles. The van der Waals surface area contributed by atoms with E-state index in [0.717, 1.165) is 92.1 Å². The van der Waals surface area contributed by atoms with E-state index in [1.165, 1.54) is 5.56 Å². The molecule has 10 nitrogen and oxygen atoms in total. The Hall–Kier alpha value is -3.92. The van der Waals surface area contributed by atoms with Gasteiger partial charge in [0.15, 0.2) is 5.82 Å². The maximum Gasteiger partial charge on any atom is 0.326 e. The molecule has 41 heavy (non-hydrogen) atoms. The van der Waals surface area contributed by atoms with E-state index >= 15 is 0 Å². The normalized spacial score (nSPS) is 13.8. The summed E-state index contributed by atoms with van der Waals surface area (Å²) in [6.45, 7) is 8.21. The van der Waals surface area contributed by atoms with Gasteiger partial charge in [-0.1, -0.05) is 18.2 Å². The van der Waals surface area contributed by atoms with Gasteiger partial charge in [-0.2, -0.15) is 10.2 Å². The Bertz CT molecular complexity index is 1480. The molecule has 5 rings (SSSR count). The monoisotopic (exact) mass is 558 g/mol. The molecule has 4 aromatic rings. The maximum absolute atomic E-state index is 12.3. The third kappa shape index (κ3) is 7.24. The average molecular weight is 559 g/mol. The number of anilines is 2. The largest absolute Gasteiger partial charge is 0.480 e. The number of aromatic nitrogens is 5. The van der Waals surface area contributed by atoms with Crippen LogP contribution in [0.25, 0.3) is 10.9 Å². The number of hydrogen-bond acceptors (Lipinski definition) is 7. The number of aryl methyl sites for hydroxylation is 5. The number of benzene rings is 1. The molecule has 0 saturated carbocycles. The first kappa shape index (κ1) is 28.6. The second kappa shape index (κ2) is 13.2. The molecule has 218 valence electrons. The summed E-state index contributed by atoms with van der Waals surface area (Å²) in [6.07, 6.45) is 5.71. The summed E-state index contributed by atoms with van der Waals surface area (Å²) in [5, 5.41) is 26.8. The van der Waals surface area contributed by atoms with Crippen LogP contribution < -0.4 is 10.6 Å². The molecule has 0 bridgehead atoms. The van der Waals surface area contributed by atoms with E-state index in [0.29, 0.717) is 18.8 Å². The maximum atomic E-state index is 12.3. The third-order valence-corrected chi connectivity index (χ3v) is 7.94. The van der Waals surface area contributed by atoms with Crippen LogP contribution in [0, 0.1) is 13.8 Å². The van der Waals surface area contributed by atoms with E-state index in [1.54, 1.807) is 4.68 Å². The number of carboxylic acids is 1. The smallest absolute Gasteiger partial charge is 0.326 e. The predicted octanol–water partition coefficient (Wildman–Crippen LogP) is 4.42. The average Bonchev–Trinajstić information content (AvgIpc) is 3.47. The van der Waals surface area contributed by atoms with Crippen molar-refractivity contribution in [1.29, 1.82) is 0 Å². The van der Waals surface area contributed by atoms with Crippen LogP contribution in [0.2, 0.25) is 0 Å². The number of aliphatic carboxylic acids is 1. The molecule has 0 saturated heterocycles. The van der Waals surface area contributed by atoms with Crippen LogP contribution in [0.15, 0.2) is 42.5 Å². The molecule has 4 heterocycles. The first-order chi connectivity index (χ1) is 19.9. The summed E-state index contributed by atoms with van der Waals surface area (Å²) >= 11 is 0. The van der Waals surface area contributed by atoms with Crippen LogP contribution in [0.4, 0.5) is 11.6 Å². The summed E-state index contributed by atoms with van der Waals surface area (Å²) in [7, 11) is 1.88. The van der Waals surface area contributed by atoms with Crippen molar-refractivity contribution in [2.24, 2.45) is 7.05 Å². The van der Waals surface area contributed by atoms with Crippen molar-refractivity contribution in [1.82, 2.24) is 29.4 Å². The number of nitrogens with zero attached hydrogens (tertiary/aromatic N) is 6. The summed E-state index contributed by atoms with van der Waals surface area (Å²) in [5.74, 6) is 0.787. The molecule has 0 fully saturated rings. The fourth-order valence-electron chi connectivity index (χ4n) is 5.68. The first-order valence-electron chi connectivity index (χ1n) is 14.7. The van der Waals surface area contributed by atoms with Gasteiger partial charge < -0.3 is 20.6 Å². The van der Waals surface area contributed by atoms with Crippen LogP contribution in [-0.2, 0) is 31.2 Å². The van der Waals surface area contributed by atoms with Crippen LogP contribution in [-0.4, -0.2) is 72.7 Å². The number of carboxylic acid groups (broad SMARTS) is 1. The number of hydrogen-bond donors (Lipinski definition) is 3. The van der Waals surface area contributed by atoms with Crippen molar-refractivity contribution in [2.45, 2.75) is 65.0 Å². The van der Waals surface area contributed by atoms with Crippen molar-refractivity contribution in [3.8, 4) is 0 Å². The standard InChI is InChI=1S/C31H42N8O2/c1-22-21-23(2)39(35-22)20-19-38(17-7-6-10-25-14-13-24-9-8-16-32-29(24)33-25)18-15-27(31(40)41)34-30-26-11-4-5-12-28(26)37(3)36-30/h4-5,11-14,21,27H,6-10,15-20H2,1-3H3,(H,32,33)(H,34,36)(H,40,41)/t27-/m0/s1. The van der Waals surface area contributed by atoms with E-state index in [1.807, 2.05) is 42.9 Å². The van der Waals surface area contributed by atoms with Gasteiger partial charge in [-0.3, -0.25) is 9.36 Å². The van der Waals surface area contributed by atoms with E-state index in [-0.39, 0.29) is 0 Å². The third-order valence-electron chi connectivity index (χ3n) is 7.94. The van der Waals surface area contributed by atoms with E-state index < -0.39 is 12.0 Å². The Balaban J connectivity index is 1.20. The van der Waals surface area contributed by atoms with Crippen LogP contribution in [0.5, 0.6) is 0 Å². The first-order valence-corrected chi connectivity index (χ1v) is 14.7. The van der Waals surface area contributed by atoms with E-state index in [4.69, 9.17) is 4.98 Å². The van der Waals surface area contributed by atoms with Gasteiger partial charge in [0.1, 0.15) is 11.9 Å². The summed E-state index contributed by atoms with van der Waals surface area (Å²) in [4.78, 5) is 19.5. The topological polar surface area (TPSA) is 113 Å². The molecule has 3 N–H and O–H groups in total. The van der Waals surface area contributed by atoms with Crippen molar-refractivity contribution < 1.29 is 9.90 Å². The van der Waals surface area contributed by atoms with Gasteiger partial charge in [0.2, 0.25) is 0 Å². The Morgan fingerprint density at radius 2 is 1.98 bits per heavy atom. The number of pyridine rings is 1. The van der Waals surface area contributed by atoms with Crippen molar-refractivity contribution >= 4 is 28.5 Å². The highest BCUT2D eigenvalue weighted by molar-refractivity contribution is 5.91. The molecule has 0 unspecified atom stereocenters. The minimum Gasteiger partial charge on any atom is -0.480 e. The van der Waals surface area contributed by atoms with Crippen LogP contribution >= 0.6 is 0 Å². The lowest BCUT2D eigenvalue weighted by Crippen LogP contribution is -2.37. The number of para-hydroxylation sites is 1. The lowest BCUT2D eigenvalue weighted by Gasteiger charge is -2.25. The van der Waals surface area contributed by atoms with Crippen molar-refractivity contribution in [3.05, 3.63) is 65.1 Å². The second-order valence-corrected chi connectivity index (χ2v) is 11.1. The Morgan fingerprint density at radius 3 is 2.78 bits per heavy atom. The molecule has 0 aliphatic carbocycles. The Labute approximate surface area is 241 Å². The summed E-state index contributed by atoms with van der Waals surface area (Å²) in [5.41, 5.74) is 5.57. The molecular weight excluding hydrogens is 516 g/mol. The highest BCUT2D eigenvalue weighted by atomic mass is 16.4. The zero-order valence-corrected chi connectivity index (χ0v) is 24.4. The molecule has 1 aliphatic heterocycles. The number of fused-ring (bicyclic) bond motifs is 2. The Morgan fingerprint density at radius 1 is 1.12 bits per heavy atom. The molecular formula is C31H42N8O2. The van der Waals surface area contributed by atoms with Gasteiger partial charge in [0.25, 0.3) is 0 Å². The SMILES string of the molecule is Cc1cc(C)n(CCN(CCCCc2ccc3c(n2)NCCC3)CC[C@H](Nc2nn(C)c3ccccc23)C(=O)O)n1. The number of carbonyl (C=O) groups is 1. The van der Waals surface area contributed by atoms with Crippen LogP contribution in [0.1, 0.15) is 48.3 Å². The molecule has 3 aromatic heterocycles. The number of unbranched alkanes of at least 4 members (excludes halogenated alkanes) is 1. The quantitative estimate of drug-likeness (QED) is 0.195. The summed E-state index contributed by atoms with van der Waals surface area (Å²) in [6, 6.07) is 13.6. The van der Waals surface area contributed by atoms with Crippen LogP contribution in [0.3, 0.4) is 0 Å². The zero-order valence-electron chi connectivity index (χ0n) is 24.4. The lowest BCUT2D eigenvalue weighted by atomic mass is 10.1.